The van der Waals surface area contributed by atoms with Gasteiger partial charge in [0.05, 0.1) is 11.8 Å². The minimum absolute atomic E-state index is 0.328. The first-order valence-corrected chi connectivity index (χ1v) is 6.68. The molecule has 3 heteroatoms. The zero-order valence-corrected chi connectivity index (χ0v) is 12.3. The van der Waals surface area contributed by atoms with Crippen molar-refractivity contribution < 1.29 is 9.50 Å². The van der Waals surface area contributed by atoms with Crippen molar-refractivity contribution in [1.29, 1.82) is 0 Å². The Hall–Kier alpha value is -1.87. The molecule has 0 heterocycles. The maximum Gasteiger partial charge on any atom is 0.147 e. The molecule has 0 aliphatic rings. The topological polar surface area (TPSA) is 23.5 Å². The maximum atomic E-state index is 14.2. The highest BCUT2D eigenvalue weighted by atomic mass is 19.1. The van der Waals surface area contributed by atoms with Crippen molar-refractivity contribution in [1.82, 2.24) is 0 Å². The summed E-state index contributed by atoms with van der Waals surface area (Å²) >= 11 is 0. The average Bonchev–Trinajstić information content (AvgIpc) is 2.37. The number of benzene rings is 2. The summed E-state index contributed by atoms with van der Waals surface area (Å²) in [7, 11) is 1.85. The molecule has 0 aliphatic heterocycles. The van der Waals surface area contributed by atoms with Gasteiger partial charge in [0.25, 0.3) is 0 Å². The summed E-state index contributed by atoms with van der Waals surface area (Å²) in [4.78, 5) is 1.83. The van der Waals surface area contributed by atoms with Crippen LogP contribution in [-0.4, -0.2) is 12.2 Å². The number of hydrogen-bond acceptors (Lipinski definition) is 2. The largest absolute Gasteiger partial charge is 0.389 e. The second kappa shape index (κ2) is 5.63. The number of aryl methyl sites for hydroxylation is 2. The number of aliphatic hydroxyl groups is 1. The Bertz CT molecular complexity index is 622. The van der Waals surface area contributed by atoms with E-state index >= 15 is 0 Å². The van der Waals surface area contributed by atoms with Crippen LogP contribution in [0.3, 0.4) is 0 Å². The van der Waals surface area contributed by atoms with Crippen molar-refractivity contribution in [2.45, 2.75) is 26.9 Å². The molecule has 0 amide bonds. The molecule has 0 fully saturated rings. The molecule has 2 nitrogen and oxygen atoms in total. The molecule has 106 valence electrons. The van der Waals surface area contributed by atoms with E-state index in [-0.39, 0.29) is 5.82 Å². The fourth-order valence-corrected chi connectivity index (χ4v) is 2.37. The van der Waals surface area contributed by atoms with Gasteiger partial charge < -0.3 is 10.0 Å². The molecule has 2 rings (SSSR count). The van der Waals surface area contributed by atoms with E-state index in [0.29, 0.717) is 11.3 Å². The summed E-state index contributed by atoms with van der Waals surface area (Å²) in [5.41, 5.74) is 4.34. The molecule has 0 unspecified atom stereocenters. The standard InChI is InChI=1S/C17H20FNO/c1-11-5-7-16(12(2)9-11)19(4)17-8-6-14(13(3)20)10-15(17)18/h5-10,13,20H,1-4H3/t13-/m1/s1. The van der Waals surface area contributed by atoms with E-state index in [2.05, 4.69) is 6.07 Å². The van der Waals surface area contributed by atoms with Crippen LogP contribution in [0, 0.1) is 19.7 Å². The van der Waals surface area contributed by atoms with E-state index in [0.717, 1.165) is 11.3 Å². The van der Waals surface area contributed by atoms with E-state index in [1.807, 2.05) is 37.9 Å². The first kappa shape index (κ1) is 14.5. The molecule has 1 atom stereocenters. The van der Waals surface area contributed by atoms with Crippen LogP contribution in [0.2, 0.25) is 0 Å². The lowest BCUT2D eigenvalue weighted by Crippen LogP contribution is -2.13. The Morgan fingerprint density at radius 1 is 1.05 bits per heavy atom. The molecule has 0 bridgehead atoms. The number of hydrogen-bond donors (Lipinski definition) is 1. The van der Waals surface area contributed by atoms with Crippen molar-refractivity contribution in [3.8, 4) is 0 Å². The van der Waals surface area contributed by atoms with Gasteiger partial charge in [0.2, 0.25) is 0 Å². The van der Waals surface area contributed by atoms with Gasteiger partial charge in [-0.1, -0.05) is 23.8 Å². The van der Waals surface area contributed by atoms with E-state index in [1.54, 1.807) is 19.1 Å². The molecule has 2 aromatic carbocycles. The molecule has 0 radical (unpaired) electrons. The van der Waals surface area contributed by atoms with Crippen LogP contribution in [-0.2, 0) is 0 Å². The summed E-state index contributed by atoms with van der Waals surface area (Å²) in [5.74, 6) is -0.328. The smallest absolute Gasteiger partial charge is 0.147 e. The van der Waals surface area contributed by atoms with Crippen molar-refractivity contribution in [3.63, 3.8) is 0 Å². The third-order valence-corrected chi connectivity index (χ3v) is 3.53. The summed E-state index contributed by atoms with van der Waals surface area (Å²) in [6.07, 6.45) is -0.662. The Kier molecular flexibility index (Phi) is 4.09. The van der Waals surface area contributed by atoms with Crippen LogP contribution in [0.4, 0.5) is 15.8 Å². The molecule has 0 aliphatic carbocycles. The average molecular weight is 273 g/mol. The summed E-state index contributed by atoms with van der Waals surface area (Å²) in [6.45, 7) is 5.68. The Morgan fingerprint density at radius 3 is 2.25 bits per heavy atom. The highest BCUT2D eigenvalue weighted by Crippen LogP contribution is 2.30. The SMILES string of the molecule is Cc1ccc(N(C)c2ccc([C@@H](C)O)cc2F)c(C)c1. The van der Waals surface area contributed by atoms with Gasteiger partial charge in [-0.05, 0) is 50.1 Å². The van der Waals surface area contributed by atoms with E-state index in [9.17, 15) is 9.50 Å². The molecule has 0 saturated carbocycles. The highest BCUT2D eigenvalue weighted by Gasteiger charge is 2.13. The molecule has 0 spiro atoms. The Balaban J connectivity index is 2.40. The van der Waals surface area contributed by atoms with Gasteiger partial charge in [-0.25, -0.2) is 4.39 Å². The lowest BCUT2D eigenvalue weighted by molar-refractivity contribution is 0.199. The monoisotopic (exact) mass is 273 g/mol. The zero-order chi connectivity index (χ0) is 14.9. The van der Waals surface area contributed by atoms with E-state index in [4.69, 9.17) is 0 Å². The van der Waals surface area contributed by atoms with Crippen LogP contribution in [0.1, 0.15) is 29.7 Å². The van der Waals surface area contributed by atoms with Crippen molar-refractivity contribution in [3.05, 3.63) is 58.9 Å². The fraction of sp³-hybridized carbons (Fsp3) is 0.294. The maximum absolute atomic E-state index is 14.2. The van der Waals surface area contributed by atoms with E-state index in [1.165, 1.54) is 11.6 Å². The van der Waals surface area contributed by atoms with Gasteiger partial charge in [-0.15, -0.1) is 0 Å². The van der Waals surface area contributed by atoms with Gasteiger partial charge in [0, 0.05) is 12.7 Å². The normalized spacial score (nSPS) is 12.3. The molecule has 20 heavy (non-hydrogen) atoms. The van der Waals surface area contributed by atoms with Crippen LogP contribution in [0.15, 0.2) is 36.4 Å². The first-order chi connectivity index (χ1) is 9.40. The Morgan fingerprint density at radius 2 is 1.70 bits per heavy atom. The number of halogens is 1. The lowest BCUT2D eigenvalue weighted by Gasteiger charge is -2.23. The Labute approximate surface area is 119 Å². The number of anilines is 2. The lowest BCUT2D eigenvalue weighted by atomic mass is 10.1. The zero-order valence-electron chi connectivity index (χ0n) is 12.3. The molecule has 2 aromatic rings. The molecule has 0 aromatic heterocycles. The van der Waals surface area contributed by atoms with Crippen LogP contribution in [0.25, 0.3) is 0 Å². The minimum atomic E-state index is -0.662. The highest BCUT2D eigenvalue weighted by molar-refractivity contribution is 5.66. The predicted molar refractivity (Wildman–Crippen MR) is 81.0 cm³/mol. The van der Waals surface area contributed by atoms with Gasteiger partial charge in [0.15, 0.2) is 0 Å². The van der Waals surface area contributed by atoms with Crippen molar-refractivity contribution in [2.75, 3.05) is 11.9 Å². The summed E-state index contributed by atoms with van der Waals surface area (Å²) in [5, 5.41) is 9.49. The third-order valence-electron chi connectivity index (χ3n) is 3.53. The van der Waals surface area contributed by atoms with Crippen molar-refractivity contribution >= 4 is 11.4 Å². The van der Waals surface area contributed by atoms with Gasteiger partial charge >= 0.3 is 0 Å². The summed E-state index contributed by atoms with van der Waals surface area (Å²) < 4.78 is 14.2. The number of nitrogens with zero attached hydrogens (tertiary/aromatic N) is 1. The quantitative estimate of drug-likeness (QED) is 0.903. The molecular weight excluding hydrogens is 253 g/mol. The van der Waals surface area contributed by atoms with Gasteiger partial charge in [-0.2, -0.15) is 0 Å². The fourth-order valence-electron chi connectivity index (χ4n) is 2.37. The van der Waals surface area contributed by atoms with E-state index < -0.39 is 6.10 Å². The van der Waals surface area contributed by atoms with Gasteiger partial charge in [0.1, 0.15) is 5.82 Å². The third kappa shape index (κ3) is 2.83. The molecule has 0 saturated heterocycles. The number of aliphatic hydroxyl groups excluding tert-OH is 1. The van der Waals surface area contributed by atoms with Crippen LogP contribution in [0.5, 0.6) is 0 Å². The van der Waals surface area contributed by atoms with Crippen molar-refractivity contribution in [2.24, 2.45) is 0 Å². The second-order valence-corrected chi connectivity index (χ2v) is 5.24. The van der Waals surface area contributed by atoms with Crippen LogP contribution >= 0.6 is 0 Å². The molecular formula is C17H20FNO. The summed E-state index contributed by atoms with van der Waals surface area (Å²) in [6, 6.07) is 10.9. The second-order valence-electron chi connectivity index (χ2n) is 5.24. The number of rotatable bonds is 3. The minimum Gasteiger partial charge on any atom is -0.389 e. The predicted octanol–water partition coefficient (Wildman–Crippen LogP) is 4.26. The first-order valence-electron chi connectivity index (χ1n) is 6.68. The molecule has 1 N–H and O–H groups in total. The van der Waals surface area contributed by atoms with Gasteiger partial charge in [-0.3, -0.25) is 0 Å². The van der Waals surface area contributed by atoms with Crippen LogP contribution < -0.4 is 4.90 Å².